The Balaban J connectivity index is 0.00000108. The lowest BCUT2D eigenvalue weighted by molar-refractivity contribution is 0.291. The molecule has 1 saturated heterocycles. The summed E-state index contributed by atoms with van der Waals surface area (Å²) in [5.74, 6) is 1.24. The highest BCUT2D eigenvalue weighted by Gasteiger charge is 2.29. The first-order valence-corrected chi connectivity index (χ1v) is 6.26. The molecule has 17 heavy (non-hydrogen) atoms. The predicted molar refractivity (Wildman–Crippen MR) is 70.4 cm³/mol. The maximum atomic E-state index is 6.05. The summed E-state index contributed by atoms with van der Waals surface area (Å²) in [5.41, 5.74) is 7.42. The van der Waals surface area contributed by atoms with Crippen LogP contribution in [0.25, 0.3) is 0 Å². The minimum absolute atomic E-state index is 0. The van der Waals surface area contributed by atoms with Gasteiger partial charge in [0, 0.05) is 24.5 Å². The monoisotopic (exact) mass is 256 g/mol. The molecule has 0 aromatic carbocycles. The van der Waals surface area contributed by atoms with Crippen molar-refractivity contribution in [2.24, 2.45) is 5.73 Å². The first-order valence-electron chi connectivity index (χ1n) is 6.26. The number of aryl methyl sites for hydroxylation is 1. The summed E-state index contributed by atoms with van der Waals surface area (Å²) in [5, 5.41) is 0. The van der Waals surface area contributed by atoms with Crippen LogP contribution in [0.2, 0.25) is 0 Å². The van der Waals surface area contributed by atoms with E-state index in [2.05, 4.69) is 21.5 Å². The van der Waals surface area contributed by atoms with Gasteiger partial charge in [-0.05, 0) is 39.3 Å². The van der Waals surface area contributed by atoms with Crippen LogP contribution in [0.4, 0.5) is 0 Å². The van der Waals surface area contributed by atoms with E-state index in [1.807, 2.05) is 6.20 Å². The molecular formula is C12H21ClN4. The van der Waals surface area contributed by atoms with Gasteiger partial charge in [0.25, 0.3) is 0 Å². The summed E-state index contributed by atoms with van der Waals surface area (Å²) < 4.78 is 2.36. The Hall–Kier alpha value is -0.580. The van der Waals surface area contributed by atoms with Gasteiger partial charge in [-0.15, -0.1) is 12.4 Å². The molecule has 2 aliphatic rings. The summed E-state index contributed by atoms with van der Waals surface area (Å²) in [6.45, 7) is 2.15. The van der Waals surface area contributed by atoms with E-state index < -0.39 is 0 Å². The quantitative estimate of drug-likeness (QED) is 0.825. The van der Waals surface area contributed by atoms with Crippen LogP contribution in [0.1, 0.15) is 36.8 Å². The second kappa shape index (κ2) is 4.96. The molecule has 0 saturated carbocycles. The number of likely N-dealkylation sites (tertiary alicyclic amines) is 1. The Morgan fingerprint density at radius 1 is 1.41 bits per heavy atom. The molecule has 5 heteroatoms. The molecule has 4 nitrogen and oxygen atoms in total. The number of fused-ring (bicyclic) bond motifs is 1. The van der Waals surface area contributed by atoms with E-state index in [4.69, 9.17) is 5.73 Å². The van der Waals surface area contributed by atoms with Crippen LogP contribution in [0.15, 0.2) is 6.20 Å². The van der Waals surface area contributed by atoms with Crippen molar-refractivity contribution in [2.75, 3.05) is 13.6 Å². The number of nitrogens with zero attached hydrogens (tertiary/aromatic N) is 3. The number of rotatable bonds is 1. The molecular weight excluding hydrogens is 236 g/mol. The number of halogens is 1. The molecule has 96 valence electrons. The molecule has 2 unspecified atom stereocenters. The second-order valence-electron chi connectivity index (χ2n) is 5.16. The van der Waals surface area contributed by atoms with Gasteiger partial charge in [0.1, 0.15) is 5.82 Å². The predicted octanol–water partition coefficient (Wildman–Crippen LogP) is 1.35. The van der Waals surface area contributed by atoms with Crippen molar-refractivity contribution < 1.29 is 0 Å². The Morgan fingerprint density at radius 3 is 2.94 bits per heavy atom. The molecule has 0 bridgehead atoms. The molecule has 0 amide bonds. The summed E-state index contributed by atoms with van der Waals surface area (Å²) >= 11 is 0. The van der Waals surface area contributed by atoms with Gasteiger partial charge >= 0.3 is 0 Å². The van der Waals surface area contributed by atoms with Gasteiger partial charge < -0.3 is 10.3 Å². The molecule has 0 aliphatic carbocycles. The minimum Gasteiger partial charge on any atom is -0.329 e. The molecule has 2 N–H and O–H groups in total. The summed E-state index contributed by atoms with van der Waals surface area (Å²) in [6.07, 6.45) is 6.77. The van der Waals surface area contributed by atoms with E-state index in [1.54, 1.807) is 0 Å². The highest BCUT2D eigenvalue weighted by atomic mass is 35.5. The maximum absolute atomic E-state index is 6.05. The van der Waals surface area contributed by atoms with Crippen molar-refractivity contribution in [3.63, 3.8) is 0 Å². The van der Waals surface area contributed by atoms with E-state index in [0.717, 1.165) is 19.4 Å². The fraction of sp³-hybridized carbons (Fsp3) is 0.750. The number of aromatic nitrogens is 2. The lowest BCUT2D eigenvalue weighted by Crippen LogP contribution is -2.33. The van der Waals surface area contributed by atoms with E-state index in [1.165, 1.54) is 30.9 Å². The van der Waals surface area contributed by atoms with Crippen LogP contribution in [-0.4, -0.2) is 34.1 Å². The molecule has 3 heterocycles. The summed E-state index contributed by atoms with van der Waals surface area (Å²) in [6, 6.07) is 0.825. The number of hydrogen-bond acceptors (Lipinski definition) is 3. The van der Waals surface area contributed by atoms with Crippen molar-refractivity contribution in [1.82, 2.24) is 14.5 Å². The fourth-order valence-corrected chi connectivity index (χ4v) is 3.00. The Kier molecular flexibility index (Phi) is 3.76. The van der Waals surface area contributed by atoms with Gasteiger partial charge in [-0.25, -0.2) is 4.98 Å². The lowest BCUT2D eigenvalue weighted by Gasteiger charge is -2.26. The zero-order valence-electron chi connectivity index (χ0n) is 10.3. The van der Waals surface area contributed by atoms with Gasteiger partial charge in [0.15, 0.2) is 0 Å². The van der Waals surface area contributed by atoms with E-state index in [0.29, 0.717) is 12.1 Å². The van der Waals surface area contributed by atoms with E-state index in [9.17, 15) is 0 Å². The zero-order valence-corrected chi connectivity index (χ0v) is 11.1. The number of hydrogen-bond donors (Lipinski definition) is 1. The summed E-state index contributed by atoms with van der Waals surface area (Å²) in [4.78, 5) is 7.04. The normalized spacial score (nSPS) is 28.8. The highest BCUT2D eigenvalue weighted by molar-refractivity contribution is 5.85. The smallest absolute Gasteiger partial charge is 0.126 e. The number of nitrogens with two attached hydrogens (primary N) is 1. The minimum atomic E-state index is 0. The molecule has 2 atom stereocenters. The van der Waals surface area contributed by atoms with Gasteiger partial charge in [0.2, 0.25) is 0 Å². The fourth-order valence-electron chi connectivity index (χ4n) is 3.00. The third kappa shape index (κ3) is 2.21. The van der Waals surface area contributed by atoms with Gasteiger partial charge in [-0.3, -0.25) is 4.90 Å². The Bertz CT molecular complexity index is 390. The van der Waals surface area contributed by atoms with Crippen molar-refractivity contribution in [3.8, 4) is 0 Å². The first-order chi connectivity index (χ1) is 7.75. The zero-order chi connectivity index (χ0) is 11.1. The van der Waals surface area contributed by atoms with Crippen LogP contribution in [0.3, 0.4) is 0 Å². The molecule has 1 aromatic rings. The molecule has 3 rings (SSSR count). The topological polar surface area (TPSA) is 47.1 Å². The van der Waals surface area contributed by atoms with Crippen LogP contribution in [0.5, 0.6) is 0 Å². The Morgan fingerprint density at radius 2 is 2.24 bits per heavy atom. The van der Waals surface area contributed by atoms with Gasteiger partial charge in [-0.1, -0.05) is 0 Å². The average Bonchev–Trinajstić information content (AvgIpc) is 2.83. The van der Waals surface area contributed by atoms with Crippen LogP contribution in [-0.2, 0) is 13.0 Å². The third-order valence-electron chi connectivity index (χ3n) is 3.98. The molecule has 1 fully saturated rings. The largest absolute Gasteiger partial charge is 0.329 e. The number of imidazole rings is 1. The summed E-state index contributed by atoms with van der Waals surface area (Å²) in [7, 11) is 2.20. The third-order valence-corrected chi connectivity index (χ3v) is 3.98. The van der Waals surface area contributed by atoms with Gasteiger partial charge in [-0.2, -0.15) is 0 Å². The van der Waals surface area contributed by atoms with Crippen LogP contribution >= 0.6 is 12.4 Å². The van der Waals surface area contributed by atoms with Gasteiger partial charge in [0.05, 0.1) is 6.04 Å². The van der Waals surface area contributed by atoms with Crippen molar-refractivity contribution >= 4 is 12.4 Å². The molecule has 0 radical (unpaired) electrons. The highest BCUT2D eigenvalue weighted by Crippen LogP contribution is 2.31. The van der Waals surface area contributed by atoms with Crippen molar-refractivity contribution in [1.29, 1.82) is 0 Å². The molecule has 0 spiro atoms. The molecule has 1 aromatic heterocycles. The molecule has 2 aliphatic heterocycles. The Labute approximate surface area is 109 Å². The van der Waals surface area contributed by atoms with Crippen LogP contribution in [0, 0.1) is 0 Å². The standard InChI is InChI=1S/C12H20N4.ClH/c1-15-6-2-3-11(15)12-14-7-10-5-4-9(13)8-16(10)12;/h7,9,11H,2-6,8,13H2,1H3;1H. The SMILES string of the molecule is CN1CCCC1c1ncc2n1CC(N)CC2.Cl. The van der Waals surface area contributed by atoms with Crippen molar-refractivity contribution in [3.05, 3.63) is 17.7 Å². The maximum Gasteiger partial charge on any atom is 0.126 e. The van der Waals surface area contributed by atoms with E-state index in [-0.39, 0.29) is 12.4 Å². The van der Waals surface area contributed by atoms with Crippen LogP contribution < -0.4 is 5.73 Å². The van der Waals surface area contributed by atoms with Crippen molar-refractivity contribution in [2.45, 2.75) is 44.3 Å². The van der Waals surface area contributed by atoms with E-state index >= 15 is 0 Å². The first kappa shape index (κ1) is 12.9. The lowest BCUT2D eigenvalue weighted by atomic mass is 10.1. The average molecular weight is 257 g/mol. The second-order valence-corrected chi connectivity index (χ2v) is 5.16.